The van der Waals surface area contributed by atoms with Crippen LogP contribution >= 0.6 is 0 Å². The summed E-state index contributed by atoms with van der Waals surface area (Å²) in [7, 11) is 0. The van der Waals surface area contributed by atoms with Gasteiger partial charge >= 0.3 is 18.2 Å². The van der Waals surface area contributed by atoms with Gasteiger partial charge in [-0.1, -0.05) is 6.07 Å². The van der Waals surface area contributed by atoms with Gasteiger partial charge in [0.05, 0.1) is 6.61 Å². The van der Waals surface area contributed by atoms with Crippen molar-refractivity contribution in [3.8, 4) is 5.75 Å². The molecule has 1 unspecified atom stereocenters. The molecule has 30 heavy (non-hydrogen) atoms. The van der Waals surface area contributed by atoms with Crippen molar-refractivity contribution in [1.29, 1.82) is 0 Å². The molecule has 2 rings (SSSR count). The Balaban J connectivity index is 2.30. The number of hydrogen-bond acceptors (Lipinski definition) is 7. The van der Waals surface area contributed by atoms with E-state index in [-0.39, 0.29) is 13.2 Å². The largest absolute Gasteiger partial charge is 0.514 e. The van der Waals surface area contributed by atoms with Crippen molar-refractivity contribution in [2.24, 2.45) is 0 Å². The maximum Gasteiger partial charge on any atom is 0.514 e. The summed E-state index contributed by atoms with van der Waals surface area (Å²) in [4.78, 5) is 38.7. The molecule has 0 saturated carbocycles. The topological polar surface area (TPSA) is 91.4 Å². The van der Waals surface area contributed by atoms with Gasteiger partial charge in [0, 0.05) is 6.54 Å². The van der Waals surface area contributed by atoms with Crippen LogP contribution in [0.3, 0.4) is 0 Å². The molecule has 0 N–H and O–H groups in total. The molecular formula is C22H31NO7. The average Bonchev–Trinajstić information content (AvgIpc) is 2.57. The zero-order valence-electron chi connectivity index (χ0n) is 18.7. The van der Waals surface area contributed by atoms with Crippen LogP contribution in [-0.4, -0.2) is 47.5 Å². The Hall–Kier alpha value is -2.77. The van der Waals surface area contributed by atoms with Gasteiger partial charge in [-0.3, -0.25) is 4.90 Å². The van der Waals surface area contributed by atoms with Crippen molar-refractivity contribution in [3.05, 3.63) is 29.3 Å². The number of nitrogens with zero attached hydrogens (tertiary/aromatic N) is 1. The lowest BCUT2D eigenvalue weighted by Crippen LogP contribution is -2.46. The number of carbonyl (C=O) groups is 3. The Morgan fingerprint density at radius 1 is 1.03 bits per heavy atom. The highest BCUT2D eigenvalue weighted by Gasteiger charge is 2.39. The Kier molecular flexibility index (Phi) is 7.00. The van der Waals surface area contributed by atoms with Gasteiger partial charge in [0.2, 0.25) is 0 Å². The quantitative estimate of drug-likeness (QED) is 0.406. The molecule has 0 spiro atoms. The van der Waals surface area contributed by atoms with E-state index in [9.17, 15) is 14.4 Å². The standard InChI is InChI=1S/C22H31NO7/c1-8-27-18(24)17-16-10-9-15(28-20(26)30-22(5,6)7)13-14(16)11-12-23(17)19(25)29-21(2,3)4/h9-10,13,17H,8,11-12H2,1-7H3. The average molecular weight is 421 g/mol. The second-order valence-corrected chi connectivity index (χ2v) is 9.01. The summed E-state index contributed by atoms with van der Waals surface area (Å²) >= 11 is 0. The zero-order chi connectivity index (χ0) is 22.7. The number of amides is 1. The van der Waals surface area contributed by atoms with Gasteiger partial charge in [-0.05, 0) is 78.1 Å². The molecule has 1 aliphatic heterocycles. The van der Waals surface area contributed by atoms with Gasteiger partial charge in [0.15, 0.2) is 6.04 Å². The lowest BCUT2D eigenvalue weighted by atomic mass is 9.92. The van der Waals surface area contributed by atoms with Gasteiger partial charge in [-0.25, -0.2) is 14.4 Å². The fourth-order valence-electron chi connectivity index (χ4n) is 3.03. The molecule has 166 valence electrons. The summed E-state index contributed by atoms with van der Waals surface area (Å²) in [6.45, 7) is 12.7. The SMILES string of the molecule is CCOC(=O)C1c2ccc(OC(=O)OC(C)(C)C)cc2CCN1C(=O)OC(C)(C)C. The molecule has 1 amide bonds. The van der Waals surface area contributed by atoms with E-state index in [4.69, 9.17) is 18.9 Å². The predicted octanol–water partition coefficient (Wildman–Crippen LogP) is 4.40. The first-order valence-electron chi connectivity index (χ1n) is 10.0. The number of rotatable bonds is 3. The third kappa shape index (κ3) is 6.37. The summed E-state index contributed by atoms with van der Waals surface area (Å²) in [5, 5.41) is 0. The van der Waals surface area contributed by atoms with Crippen LogP contribution in [0.1, 0.15) is 65.6 Å². The van der Waals surface area contributed by atoms with Gasteiger partial charge in [-0.2, -0.15) is 0 Å². The first-order valence-corrected chi connectivity index (χ1v) is 10.0. The van der Waals surface area contributed by atoms with Crippen LogP contribution in [0.5, 0.6) is 5.75 Å². The highest BCUT2D eigenvalue weighted by Crippen LogP contribution is 2.34. The van der Waals surface area contributed by atoms with E-state index in [1.165, 1.54) is 4.90 Å². The summed E-state index contributed by atoms with van der Waals surface area (Å²) < 4.78 is 21.1. The second-order valence-electron chi connectivity index (χ2n) is 9.01. The van der Waals surface area contributed by atoms with E-state index in [2.05, 4.69) is 0 Å². The van der Waals surface area contributed by atoms with Crippen LogP contribution in [0, 0.1) is 0 Å². The van der Waals surface area contributed by atoms with E-state index < -0.39 is 35.5 Å². The number of hydrogen-bond donors (Lipinski definition) is 0. The highest BCUT2D eigenvalue weighted by molar-refractivity contribution is 5.84. The van der Waals surface area contributed by atoms with E-state index in [0.717, 1.165) is 5.56 Å². The molecule has 1 atom stereocenters. The summed E-state index contributed by atoms with van der Waals surface area (Å²) in [5.74, 6) is -0.235. The van der Waals surface area contributed by atoms with Crippen LogP contribution in [0.25, 0.3) is 0 Å². The van der Waals surface area contributed by atoms with Crippen molar-refractivity contribution in [1.82, 2.24) is 4.90 Å². The molecule has 1 aromatic rings. The summed E-state index contributed by atoms with van der Waals surface area (Å²) in [6, 6.07) is 3.97. The predicted molar refractivity (Wildman–Crippen MR) is 109 cm³/mol. The van der Waals surface area contributed by atoms with Gasteiger partial charge < -0.3 is 18.9 Å². The molecule has 1 heterocycles. The molecular weight excluding hydrogens is 390 g/mol. The minimum absolute atomic E-state index is 0.187. The van der Waals surface area contributed by atoms with Gasteiger partial charge in [-0.15, -0.1) is 0 Å². The lowest BCUT2D eigenvalue weighted by molar-refractivity contribution is -0.150. The molecule has 1 aliphatic rings. The van der Waals surface area contributed by atoms with Crippen LogP contribution < -0.4 is 4.74 Å². The number of carbonyl (C=O) groups excluding carboxylic acids is 3. The zero-order valence-corrected chi connectivity index (χ0v) is 18.7. The fraction of sp³-hybridized carbons (Fsp3) is 0.591. The third-order valence-corrected chi connectivity index (χ3v) is 4.07. The molecule has 8 heteroatoms. The lowest BCUT2D eigenvalue weighted by Gasteiger charge is -2.36. The van der Waals surface area contributed by atoms with Crippen molar-refractivity contribution in [2.75, 3.05) is 13.2 Å². The minimum Gasteiger partial charge on any atom is -0.464 e. The Morgan fingerprint density at radius 3 is 2.23 bits per heavy atom. The minimum atomic E-state index is -0.931. The van der Waals surface area contributed by atoms with Crippen molar-refractivity contribution in [2.45, 2.75) is 72.1 Å². The molecule has 0 aromatic heterocycles. The maximum atomic E-state index is 12.7. The van der Waals surface area contributed by atoms with Crippen molar-refractivity contribution < 1.29 is 33.3 Å². The molecule has 1 aromatic carbocycles. The number of benzene rings is 1. The number of fused-ring (bicyclic) bond motifs is 1. The fourth-order valence-corrected chi connectivity index (χ4v) is 3.03. The number of esters is 1. The normalized spacial score (nSPS) is 16.4. The highest BCUT2D eigenvalue weighted by atomic mass is 16.7. The monoisotopic (exact) mass is 421 g/mol. The van der Waals surface area contributed by atoms with Crippen LogP contribution in [-0.2, 0) is 25.4 Å². The van der Waals surface area contributed by atoms with E-state index in [0.29, 0.717) is 17.7 Å². The molecule has 8 nitrogen and oxygen atoms in total. The van der Waals surface area contributed by atoms with E-state index in [1.54, 1.807) is 66.7 Å². The van der Waals surface area contributed by atoms with E-state index in [1.807, 2.05) is 0 Å². The van der Waals surface area contributed by atoms with E-state index >= 15 is 0 Å². The third-order valence-electron chi connectivity index (χ3n) is 4.07. The van der Waals surface area contributed by atoms with Crippen LogP contribution in [0.15, 0.2) is 18.2 Å². The van der Waals surface area contributed by atoms with Crippen molar-refractivity contribution in [3.63, 3.8) is 0 Å². The van der Waals surface area contributed by atoms with Crippen molar-refractivity contribution >= 4 is 18.2 Å². The van der Waals surface area contributed by atoms with Crippen LogP contribution in [0.4, 0.5) is 9.59 Å². The Morgan fingerprint density at radius 2 is 1.67 bits per heavy atom. The molecule has 0 aliphatic carbocycles. The van der Waals surface area contributed by atoms with Crippen LogP contribution in [0.2, 0.25) is 0 Å². The molecule has 0 saturated heterocycles. The maximum absolute atomic E-state index is 12.7. The second kappa shape index (κ2) is 8.93. The molecule has 0 fully saturated rings. The Bertz CT molecular complexity index is 805. The molecule has 0 bridgehead atoms. The summed E-state index contributed by atoms with van der Waals surface area (Å²) in [5.41, 5.74) is 0.0339. The van der Waals surface area contributed by atoms with Gasteiger partial charge in [0.1, 0.15) is 17.0 Å². The first-order chi connectivity index (χ1) is 13.8. The summed E-state index contributed by atoms with van der Waals surface area (Å²) in [6.07, 6.45) is -0.924. The first kappa shape index (κ1) is 23.5. The smallest absolute Gasteiger partial charge is 0.464 e. The van der Waals surface area contributed by atoms with Gasteiger partial charge in [0.25, 0.3) is 0 Å². The Labute approximate surface area is 177 Å². The number of ether oxygens (including phenoxy) is 4. The molecule has 0 radical (unpaired) electrons.